The summed E-state index contributed by atoms with van der Waals surface area (Å²) in [6.07, 6.45) is 0. The third-order valence-corrected chi connectivity index (χ3v) is 4.07. The lowest BCUT2D eigenvalue weighted by atomic mass is 10.1. The Balaban J connectivity index is 1.89. The second-order valence-corrected chi connectivity index (χ2v) is 6.23. The maximum atomic E-state index is 12.0. The fraction of sp³-hybridized carbons (Fsp3) is 0.188. The fourth-order valence-corrected chi connectivity index (χ4v) is 2.44. The first kappa shape index (κ1) is 17.1. The third kappa shape index (κ3) is 4.89. The molecule has 2 aromatic rings. The van der Waals surface area contributed by atoms with Gasteiger partial charge in [0.1, 0.15) is 6.04 Å². The van der Waals surface area contributed by atoms with E-state index in [-0.39, 0.29) is 18.5 Å². The van der Waals surface area contributed by atoms with Crippen LogP contribution >= 0.6 is 34.8 Å². The molecule has 1 amide bonds. The van der Waals surface area contributed by atoms with Crippen LogP contribution in [-0.2, 0) is 4.79 Å². The summed E-state index contributed by atoms with van der Waals surface area (Å²) in [5.41, 5.74) is 1.63. The van der Waals surface area contributed by atoms with Crippen LogP contribution in [0.4, 0.5) is 5.69 Å². The van der Waals surface area contributed by atoms with Crippen LogP contribution in [0.1, 0.15) is 18.5 Å². The molecular formula is C16H16Cl3N2O+. The van der Waals surface area contributed by atoms with Gasteiger partial charge in [0.15, 0.2) is 6.54 Å². The summed E-state index contributed by atoms with van der Waals surface area (Å²) in [6.45, 7) is 2.31. The van der Waals surface area contributed by atoms with Crippen molar-refractivity contribution in [2.24, 2.45) is 0 Å². The van der Waals surface area contributed by atoms with E-state index in [4.69, 9.17) is 34.8 Å². The molecule has 0 aromatic heterocycles. The fourth-order valence-electron chi connectivity index (χ4n) is 1.98. The Bertz CT molecular complexity index is 659. The van der Waals surface area contributed by atoms with Gasteiger partial charge in [0.05, 0.1) is 10.7 Å². The summed E-state index contributed by atoms with van der Waals surface area (Å²) in [6, 6.07) is 12.7. The molecule has 116 valence electrons. The maximum absolute atomic E-state index is 12.0. The predicted molar refractivity (Wildman–Crippen MR) is 91.8 cm³/mol. The molecule has 0 aliphatic heterocycles. The number of amides is 1. The Labute approximate surface area is 144 Å². The molecule has 22 heavy (non-hydrogen) atoms. The minimum atomic E-state index is -0.134. The van der Waals surface area contributed by atoms with Crippen LogP contribution < -0.4 is 10.6 Å². The normalized spacial score (nSPS) is 12.0. The van der Waals surface area contributed by atoms with Gasteiger partial charge in [-0.3, -0.25) is 4.79 Å². The van der Waals surface area contributed by atoms with Crippen molar-refractivity contribution in [2.75, 3.05) is 11.9 Å². The number of rotatable bonds is 5. The van der Waals surface area contributed by atoms with E-state index in [0.29, 0.717) is 20.8 Å². The van der Waals surface area contributed by atoms with E-state index in [1.807, 2.05) is 36.5 Å². The van der Waals surface area contributed by atoms with E-state index >= 15 is 0 Å². The summed E-state index contributed by atoms with van der Waals surface area (Å²) in [5.74, 6) is -0.134. The molecule has 1 atom stereocenters. The summed E-state index contributed by atoms with van der Waals surface area (Å²) in [4.78, 5) is 12.0. The smallest absolute Gasteiger partial charge is 0.279 e. The highest BCUT2D eigenvalue weighted by Gasteiger charge is 2.12. The second kappa shape index (κ2) is 7.84. The molecular weight excluding hydrogens is 343 g/mol. The van der Waals surface area contributed by atoms with Gasteiger partial charge in [-0.15, -0.1) is 0 Å². The number of carbonyl (C=O) groups is 1. The third-order valence-electron chi connectivity index (χ3n) is 3.26. The zero-order chi connectivity index (χ0) is 16.1. The van der Waals surface area contributed by atoms with Crippen molar-refractivity contribution in [1.29, 1.82) is 0 Å². The van der Waals surface area contributed by atoms with Gasteiger partial charge in [-0.25, -0.2) is 0 Å². The van der Waals surface area contributed by atoms with Crippen molar-refractivity contribution in [2.45, 2.75) is 13.0 Å². The maximum Gasteiger partial charge on any atom is 0.279 e. The average Bonchev–Trinajstić information content (AvgIpc) is 2.49. The molecule has 0 aliphatic rings. The number of halogens is 3. The van der Waals surface area contributed by atoms with E-state index in [1.165, 1.54) is 0 Å². The number of benzene rings is 2. The Morgan fingerprint density at radius 3 is 2.41 bits per heavy atom. The predicted octanol–water partition coefficient (Wildman–Crippen LogP) is 3.91. The number of hydrogen-bond acceptors (Lipinski definition) is 1. The van der Waals surface area contributed by atoms with E-state index in [0.717, 1.165) is 5.56 Å². The molecule has 2 rings (SSSR count). The molecule has 3 nitrogen and oxygen atoms in total. The summed E-state index contributed by atoms with van der Waals surface area (Å²) in [7, 11) is 0. The molecule has 6 heteroatoms. The molecule has 0 saturated carbocycles. The average molecular weight is 359 g/mol. The highest BCUT2D eigenvalue weighted by Crippen LogP contribution is 2.25. The zero-order valence-corrected chi connectivity index (χ0v) is 14.2. The Kier molecular flexibility index (Phi) is 6.09. The van der Waals surface area contributed by atoms with Gasteiger partial charge >= 0.3 is 0 Å². The van der Waals surface area contributed by atoms with Crippen LogP contribution in [0, 0.1) is 0 Å². The Morgan fingerprint density at radius 1 is 1.09 bits per heavy atom. The highest BCUT2D eigenvalue weighted by molar-refractivity contribution is 6.35. The van der Waals surface area contributed by atoms with Crippen molar-refractivity contribution in [1.82, 2.24) is 0 Å². The minimum Gasteiger partial charge on any atom is -0.333 e. The van der Waals surface area contributed by atoms with Gasteiger partial charge in [0, 0.05) is 15.6 Å². The number of hydrogen-bond donors (Lipinski definition) is 2. The van der Waals surface area contributed by atoms with Crippen molar-refractivity contribution in [3.8, 4) is 0 Å². The highest BCUT2D eigenvalue weighted by atomic mass is 35.5. The van der Waals surface area contributed by atoms with Crippen LogP contribution in [0.2, 0.25) is 15.1 Å². The topological polar surface area (TPSA) is 45.7 Å². The molecule has 0 radical (unpaired) electrons. The van der Waals surface area contributed by atoms with Crippen molar-refractivity contribution < 1.29 is 10.1 Å². The summed E-state index contributed by atoms with van der Waals surface area (Å²) < 4.78 is 0. The largest absolute Gasteiger partial charge is 0.333 e. The molecule has 0 heterocycles. The van der Waals surface area contributed by atoms with E-state index < -0.39 is 0 Å². The van der Waals surface area contributed by atoms with Crippen molar-refractivity contribution in [3.05, 3.63) is 63.1 Å². The van der Waals surface area contributed by atoms with Crippen LogP contribution in [-0.4, -0.2) is 12.5 Å². The van der Waals surface area contributed by atoms with Crippen molar-refractivity contribution in [3.63, 3.8) is 0 Å². The quantitative estimate of drug-likeness (QED) is 0.836. The van der Waals surface area contributed by atoms with Crippen molar-refractivity contribution >= 4 is 46.4 Å². The summed E-state index contributed by atoms with van der Waals surface area (Å²) in [5, 5.41) is 6.39. The first-order valence-electron chi connectivity index (χ1n) is 6.79. The monoisotopic (exact) mass is 357 g/mol. The molecule has 0 spiro atoms. The standard InChI is InChI=1S/C16H15Cl3N2O/c1-10(11-2-4-12(17)5-3-11)20-9-16(22)21-15-8-13(18)6-7-14(15)19/h2-8,10,20H,9H2,1H3,(H,21,22)/p+1/t10-/m0/s1. The lowest BCUT2D eigenvalue weighted by molar-refractivity contribution is -0.682. The number of carbonyl (C=O) groups excluding carboxylic acids is 1. The van der Waals surface area contributed by atoms with E-state index in [1.54, 1.807) is 18.2 Å². The Morgan fingerprint density at radius 2 is 1.73 bits per heavy atom. The molecule has 0 saturated heterocycles. The minimum absolute atomic E-state index is 0.134. The zero-order valence-electron chi connectivity index (χ0n) is 11.9. The van der Waals surface area contributed by atoms with Crippen LogP contribution in [0.15, 0.2) is 42.5 Å². The number of anilines is 1. The molecule has 3 N–H and O–H groups in total. The van der Waals surface area contributed by atoms with Crippen LogP contribution in [0.5, 0.6) is 0 Å². The SMILES string of the molecule is C[C@H]([NH2+]CC(=O)Nc1cc(Cl)ccc1Cl)c1ccc(Cl)cc1. The first-order chi connectivity index (χ1) is 10.5. The van der Waals surface area contributed by atoms with E-state index in [9.17, 15) is 4.79 Å². The number of quaternary nitrogens is 1. The number of nitrogens with one attached hydrogen (secondary N) is 1. The molecule has 2 aromatic carbocycles. The second-order valence-electron chi connectivity index (χ2n) is 4.95. The molecule has 0 bridgehead atoms. The Hall–Kier alpha value is -1.26. The molecule has 0 fully saturated rings. The van der Waals surface area contributed by atoms with Crippen LogP contribution in [0.3, 0.4) is 0 Å². The lowest BCUT2D eigenvalue weighted by Gasteiger charge is -2.12. The van der Waals surface area contributed by atoms with Gasteiger partial charge in [0.2, 0.25) is 0 Å². The van der Waals surface area contributed by atoms with Gasteiger partial charge in [-0.2, -0.15) is 0 Å². The van der Waals surface area contributed by atoms with E-state index in [2.05, 4.69) is 5.32 Å². The van der Waals surface area contributed by atoms with Crippen LogP contribution in [0.25, 0.3) is 0 Å². The lowest BCUT2D eigenvalue weighted by Crippen LogP contribution is -2.86. The van der Waals surface area contributed by atoms with Gasteiger partial charge in [-0.1, -0.05) is 46.9 Å². The van der Waals surface area contributed by atoms with Gasteiger partial charge in [0.25, 0.3) is 5.91 Å². The molecule has 0 aliphatic carbocycles. The first-order valence-corrected chi connectivity index (χ1v) is 7.93. The van der Waals surface area contributed by atoms with Gasteiger partial charge < -0.3 is 10.6 Å². The number of nitrogens with two attached hydrogens (primary N) is 1. The van der Waals surface area contributed by atoms with Gasteiger partial charge in [-0.05, 0) is 37.3 Å². The summed E-state index contributed by atoms with van der Waals surface area (Å²) >= 11 is 17.8. The molecule has 0 unspecified atom stereocenters.